The van der Waals surface area contributed by atoms with E-state index >= 15 is 0 Å². The first-order valence-corrected chi connectivity index (χ1v) is 8.75. The van der Waals surface area contributed by atoms with Crippen molar-refractivity contribution in [3.05, 3.63) is 118 Å². The van der Waals surface area contributed by atoms with Crippen LogP contribution in [0.15, 0.2) is 102 Å². The second-order valence-corrected chi connectivity index (χ2v) is 5.94. The van der Waals surface area contributed by atoms with Crippen molar-refractivity contribution in [1.29, 1.82) is 0 Å². The van der Waals surface area contributed by atoms with E-state index in [0.717, 1.165) is 11.1 Å². The summed E-state index contributed by atoms with van der Waals surface area (Å²) in [5.74, 6) is 0. The molecule has 0 atom stereocenters. The molecule has 0 heterocycles. The van der Waals surface area contributed by atoms with Crippen molar-refractivity contribution in [2.45, 2.75) is 0 Å². The summed E-state index contributed by atoms with van der Waals surface area (Å²) in [4.78, 5) is 10.3. The zero-order valence-electron chi connectivity index (χ0n) is 15.1. The van der Waals surface area contributed by atoms with Crippen molar-refractivity contribution < 1.29 is 4.92 Å². The first-order valence-electron chi connectivity index (χ1n) is 8.75. The predicted octanol–water partition coefficient (Wildman–Crippen LogP) is 5.79. The number of nitro benzene ring substituents is 1. The van der Waals surface area contributed by atoms with Gasteiger partial charge >= 0.3 is 0 Å². The molecule has 1 N–H and O–H groups in total. The van der Waals surface area contributed by atoms with Crippen LogP contribution in [0, 0.1) is 10.1 Å². The average Bonchev–Trinajstić information content (AvgIpc) is 2.75. The second-order valence-electron chi connectivity index (χ2n) is 5.94. The third-order valence-corrected chi connectivity index (χ3v) is 3.88. The Morgan fingerprint density at radius 1 is 0.786 bits per heavy atom. The fourth-order valence-electron chi connectivity index (χ4n) is 2.41. The SMILES string of the molecule is O=[N+]([O-])c1ccc(NN=C(/C=C\c2ccccc2)/C=C\c2ccccc2)cc1. The fraction of sp³-hybridized carbons (Fsp3) is 0. The van der Waals surface area contributed by atoms with Gasteiger partial charge in [0, 0.05) is 12.1 Å². The number of nitrogens with zero attached hydrogens (tertiary/aromatic N) is 2. The van der Waals surface area contributed by atoms with Crippen LogP contribution in [-0.4, -0.2) is 10.6 Å². The molecule has 0 spiro atoms. The molecule has 0 amide bonds. The molecule has 138 valence electrons. The largest absolute Gasteiger partial charge is 0.278 e. The topological polar surface area (TPSA) is 67.5 Å². The first kappa shape index (κ1) is 18.8. The molecular weight excluding hydrogens is 350 g/mol. The van der Waals surface area contributed by atoms with Crippen molar-refractivity contribution in [3.8, 4) is 0 Å². The molecule has 0 saturated heterocycles. The highest BCUT2D eigenvalue weighted by atomic mass is 16.6. The van der Waals surface area contributed by atoms with E-state index in [4.69, 9.17) is 0 Å². The van der Waals surface area contributed by atoms with Crippen molar-refractivity contribution in [1.82, 2.24) is 0 Å². The lowest BCUT2D eigenvalue weighted by atomic mass is 10.1. The fourth-order valence-corrected chi connectivity index (χ4v) is 2.41. The van der Waals surface area contributed by atoms with Crippen LogP contribution < -0.4 is 5.43 Å². The molecule has 0 fully saturated rings. The lowest BCUT2D eigenvalue weighted by Crippen LogP contribution is -1.96. The molecule has 5 nitrogen and oxygen atoms in total. The molecule has 3 aromatic carbocycles. The van der Waals surface area contributed by atoms with Gasteiger partial charge in [0.15, 0.2) is 0 Å². The Bertz CT molecular complexity index is 942. The Kier molecular flexibility index (Phi) is 6.47. The molecule has 0 aliphatic carbocycles. The van der Waals surface area contributed by atoms with Gasteiger partial charge in [0.2, 0.25) is 0 Å². The molecule has 0 aliphatic heterocycles. The maximum atomic E-state index is 10.8. The van der Waals surface area contributed by atoms with Gasteiger partial charge in [0.1, 0.15) is 0 Å². The molecule has 0 unspecified atom stereocenters. The summed E-state index contributed by atoms with van der Waals surface area (Å²) in [6.45, 7) is 0. The van der Waals surface area contributed by atoms with Crippen molar-refractivity contribution >= 4 is 29.2 Å². The third kappa shape index (κ3) is 5.78. The van der Waals surface area contributed by atoms with Crippen LogP contribution in [0.3, 0.4) is 0 Å². The van der Waals surface area contributed by atoms with E-state index in [9.17, 15) is 10.1 Å². The normalized spacial score (nSPS) is 10.9. The predicted molar refractivity (Wildman–Crippen MR) is 115 cm³/mol. The summed E-state index contributed by atoms with van der Waals surface area (Å²) in [6, 6.07) is 26.0. The maximum Gasteiger partial charge on any atom is 0.269 e. The Morgan fingerprint density at radius 3 is 1.75 bits per heavy atom. The van der Waals surface area contributed by atoms with Crippen molar-refractivity contribution in [2.24, 2.45) is 5.10 Å². The standard InChI is InChI=1S/C23H19N3O2/c27-26(28)23-17-15-22(16-18-23)25-24-21(13-11-19-7-3-1-4-8-19)14-12-20-9-5-2-6-10-20/h1-18,25H/b13-11-,14-12-. The van der Waals surface area contributed by atoms with Crippen LogP contribution in [0.2, 0.25) is 0 Å². The third-order valence-electron chi connectivity index (χ3n) is 3.88. The summed E-state index contributed by atoms with van der Waals surface area (Å²) in [6.07, 6.45) is 7.78. The summed E-state index contributed by atoms with van der Waals surface area (Å²) >= 11 is 0. The maximum absolute atomic E-state index is 10.8. The molecule has 0 saturated carbocycles. The van der Waals surface area contributed by atoms with E-state index in [1.807, 2.05) is 85.0 Å². The number of benzene rings is 3. The molecule has 3 rings (SSSR count). The smallest absolute Gasteiger partial charge is 0.269 e. The highest BCUT2D eigenvalue weighted by molar-refractivity contribution is 6.08. The van der Waals surface area contributed by atoms with E-state index in [1.54, 1.807) is 12.1 Å². The first-order chi connectivity index (χ1) is 13.7. The summed E-state index contributed by atoms with van der Waals surface area (Å²) in [7, 11) is 0. The van der Waals surface area contributed by atoms with Gasteiger partial charge in [0.25, 0.3) is 5.69 Å². The van der Waals surface area contributed by atoms with Crippen LogP contribution in [0.1, 0.15) is 11.1 Å². The lowest BCUT2D eigenvalue weighted by Gasteiger charge is -2.02. The molecule has 5 heteroatoms. The zero-order chi connectivity index (χ0) is 19.6. The molecular formula is C23H19N3O2. The Balaban J connectivity index is 1.80. The van der Waals surface area contributed by atoms with Gasteiger partial charge in [-0.25, -0.2) is 0 Å². The van der Waals surface area contributed by atoms with Gasteiger partial charge in [-0.2, -0.15) is 5.10 Å². The van der Waals surface area contributed by atoms with Gasteiger partial charge in [-0.1, -0.05) is 72.8 Å². The number of anilines is 1. The highest BCUT2D eigenvalue weighted by Gasteiger charge is 2.03. The van der Waals surface area contributed by atoms with Gasteiger partial charge in [-0.05, 0) is 35.4 Å². The lowest BCUT2D eigenvalue weighted by molar-refractivity contribution is -0.384. The summed E-state index contributed by atoms with van der Waals surface area (Å²) < 4.78 is 0. The van der Waals surface area contributed by atoms with Gasteiger partial charge < -0.3 is 0 Å². The monoisotopic (exact) mass is 369 g/mol. The van der Waals surface area contributed by atoms with Gasteiger partial charge in [-0.3, -0.25) is 15.5 Å². The molecule has 0 radical (unpaired) electrons. The van der Waals surface area contributed by atoms with E-state index < -0.39 is 4.92 Å². The highest BCUT2D eigenvalue weighted by Crippen LogP contribution is 2.15. The zero-order valence-corrected chi connectivity index (χ0v) is 15.1. The molecule has 28 heavy (non-hydrogen) atoms. The number of nitrogens with one attached hydrogen (secondary N) is 1. The molecule has 3 aromatic rings. The Labute approximate surface area is 163 Å². The van der Waals surface area contributed by atoms with Crippen LogP contribution in [-0.2, 0) is 0 Å². The minimum atomic E-state index is -0.427. The number of allylic oxidation sites excluding steroid dienone is 2. The second kappa shape index (κ2) is 9.64. The quantitative estimate of drug-likeness (QED) is 0.326. The van der Waals surface area contributed by atoms with Crippen LogP contribution in [0.25, 0.3) is 12.2 Å². The van der Waals surface area contributed by atoms with Crippen molar-refractivity contribution in [3.63, 3.8) is 0 Å². The van der Waals surface area contributed by atoms with Gasteiger partial charge in [0.05, 0.1) is 16.3 Å². The minimum Gasteiger partial charge on any atom is -0.278 e. The van der Waals surface area contributed by atoms with Crippen LogP contribution in [0.4, 0.5) is 11.4 Å². The number of hydrogen-bond donors (Lipinski definition) is 1. The number of hydrazone groups is 1. The van der Waals surface area contributed by atoms with Crippen LogP contribution in [0.5, 0.6) is 0 Å². The Hall–Kier alpha value is -3.99. The van der Waals surface area contributed by atoms with E-state index in [-0.39, 0.29) is 5.69 Å². The van der Waals surface area contributed by atoms with E-state index in [1.165, 1.54) is 12.1 Å². The number of hydrogen-bond acceptors (Lipinski definition) is 4. The average molecular weight is 369 g/mol. The van der Waals surface area contributed by atoms with E-state index in [0.29, 0.717) is 11.4 Å². The van der Waals surface area contributed by atoms with Crippen LogP contribution >= 0.6 is 0 Å². The number of rotatable bonds is 7. The summed E-state index contributed by atoms with van der Waals surface area (Å²) in [5, 5.41) is 15.2. The number of non-ortho nitro benzene ring substituents is 1. The molecule has 0 bridgehead atoms. The molecule has 0 aromatic heterocycles. The summed E-state index contributed by atoms with van der Waals surface area (Å²) in [5.41, 5.74) is 6.51. The van der Waals surface area contributed by atoms with Gasteiger partial charge in [-0.15, -0.1) is 0 Å². The Morgan fingerprint density at radius 2 is 1.29 bits per heavy atom. The number of nitro groups is 1. The van der Waals surface area contributed by atoms with Crippen molar-refractivity contribution in [2.75, 3.05) is 5.43 Å². The molecule has 0 aliphatic rings. The minimum absolute atomic E-state index is 0.0442. The van der Waals surface area contributed by atoms with E-state index in [2.05, 4.69) is 10.5 Å².